The highest BCUT2D eigenvalue weighted by Crippen LogP contribution is 2.07. The normalized spacial score (nSPS) is 12.3. The fourth-order valence-electron chi connectivity index (χ4n) is 0.748. The smallest absolute Gasteiger partial charge is 0.0942 e. The molecule has 0 saturated heterocycles. The fourth-order valence-corrected chi connectivity index (χ4v) is 0.748. The minimum atomic E-state index is -0.575. The van der Waals surface area contributed by atoms with E-state index < -0.39 is 6.10 Å². The Hall–Kier alpha value is -0.580. The van der Waals surface area contributed by atoms with Gasteiger partial charge in [-0.05, 0) is 0 Å². The summed E-state index contributed by atoms with van der Waals surface area (Å²) in [7, 11) is 1.80. The molecule has 0 amide bonds. The maximum absolute atomic E-state index is 9.16. The van der Waals surface area contributed by atoms with Gasteiger partial charge < -0.3 is 10.8 Å². The van der Waals surface area contributed by atoms with Gasteiger partial charge in [-0.25, -0.2) is 0 Å². The van der Waals surface area contributed by atoms with Crippen molar-refractivity contribution < 1.29 is 5.11 Å². The molecule has 1 heterocycles. The van der Waals surface area contributed by atoms with Crippen LogP contribution in [0.3, 0.4) is 0 Å². The predicted molar refractivity (Wildman–Crippen MR) is 44.5 cm³/mol. The van der Waals surface area contributed by atoms with Crippen LogP contribution in [-0.2, 0) is 7.05 Å². The molecule has 0 fully saturated rings. The molecule has 1 aromatic rings. The van der Waals surface area contributed by atoms with E-state index in [-0.39, 0.29) is 19.0 Å². The topological polar surface area (TPSA) is 64.1 Å². The summed E-state index contributed by atoms with van der Waals surface area (Å²) in [5.74, 6) is 0. The number of halogens is 1. The first kappa shape index (κ1) is 10.4. The van der Waals surface area contributed by atoms with Gasteiger partial charge in [0.2, 0.25) is 0 Å². The average molecular weight is 178 g/mol. The van der Waals surface area contributed by atoms with E-state index in [1.54, 1.807) is 24.1 Å². The molecule has 0 aromatic carbocycles. The number of hydrogen-bond donors (Lipinski definition) is 2. The first-order valence-electron chi connectivity index (χ1n) is 3.10. The lowest BCUT2D eigenvalue weighted by atomic mass is 10.2. The molecule has 0 aliphatic carbocycles. The van der Waals surface area contributed by atoms with Gasteiger partial charge in [-0.15, -0.1) is 12.4 Å². The molecule has 0 unspecified atom stereocenters. The van der Waals surface area contributed by atoms with Crippen molar-refractivity contribution in [2.45, 2.75) is 6.10 Å². The number of aliphatic hydroxyl groups excluding tert-OH is 1. The lowest BCUT2D eigenvalue weighted by Crippen LogP contribution is -2.10. The molecule has 1 rings (SSSR count). The summed E-state index contributed by atoms with van der Waals surface area (Å²) in [6.07, 6.45) is 2.78. The van der Waals surface area contributed by atoms with Crippen LogP contribution in [0.4, 0.5) is 0 Å². The number of rotatable bonds is 2. The Morgan fingerprint density at radius 1 is 1.82 bits per heavy atom. The molecule has 1 atom stereocenters. The van der Waals surface area contributed by atoms with E-state index in [1.807, 2.05) is 0 Å². The summed E-state index contributed by atoms with van der Waals surface area (Å²) >= 11 is 0. The van der Waals surface area contributed by atoms with E-state index in [0.29, 0.717) is 0 Å². The zero-order valence-electron chi connectivity index (χ0n) is 6.27. The summed E-state index contributed by atoms with van der Waals surface area (Å²) < 4.78 is 1.63. The van der Waals surface area contributed by atoms with Gasteiger partial charge in [0.05, 0.1) is 12.3 Å². The van der Waals surface area contributed by atoms with Crippen LogP contribution in [0.2, 0.25) is 0 Å². The summed E-state index contributed by atoms with van der Waals surface area (Å²) in [6.45, 7) is 0.242. The van der Waals surface area contributed by atoms with Crippen LogP contribution in [0.1, 0.15) is 11.7 Å². The van der Waals surface area contributed by atoms with Gasteiger partial charge in [0.1, 0.15) is 0 Å². The Morgan fingerprint density at radius 3 is 2.82 bits per heavy atom. The molecule has 0 aliphatic rings. The number of aromatic nitrogens is 2. The minimum absolute atomic E-state index is 0. The molecule has 64 valence electrons. The quantitative estimate of drug-likeness (QED) is 0.660. The maximum atomic E-state index is 9.16. The molecule has 0 radical (unpaired) electrons. The lowest BCUT2D eigenvalue weighted by molar-refractivity contribution is 0.186. The van der Waals surface area contributed by atoms with Crippen molar-refractivity contribution in [2.75, 3.05) is 6.54 Å². The second-order valence-electron chi connectivity index (χ2n) is 2.20. The zero-order valence-corrected chi connectivity index (χ0v) is 7.08. The third-order valence-electron chi connectivity index (χ3n) is 1.33. The van der Waals surface area contributed by atoms with Gasteiger partial charge in [-0.1, -0.05) is 0 Å². The lowest BCUT2D eigenvalue weighted by Gasteiger charge is -2.01. The van der Waals surface area contributed by atoms with Crippen LogP contribution >= 0.6 is 12.4 Å². The van der Waals surface area contributed by atoms with Crippen molar-refractivity contribution in [1.29, 1.82) is 0 Å². The second-order valence-corrected chi connectivity index (χ2v) is 2.20. The molecule has 5 heteroatoms. The number of nitrogens with two attached hydrogens (primary N) is 1. The first-order chi connectivity index (χ1) is 4.74. The SMILES string of the molecule is Cl.Cn1cc([C@H](O)CN)cn1. The van der Waals surface area contributed by atoms with Gasteiger partial charge >= 0.3 is 0 Å². The van der Waals surface area contributed by atoms with Crippen LogP contribution in [0.15, 0.2) is 12.4 Å². The van der Waals surface area contributed by atoms with Gasteiger partial charge in [-0.2, -0.15) is 5.10 Å². The monoisotopic (exact) mass is 177 g/mol. The predicted octanol–water partition coefficient (Wildman–Crippen LogP) is -0.166. The number of hydrogen-bond acceptors (Lipinski definition) is 3. The summed E-state index contributed by atoms with van der Waals surface area (Å²) in [5.41, 5.74) is 5.99. The van der Waals surface area contributed by atoms with Gasteiger partial charge in [0.15, 0.2) is 0 Å². The van der Waals surface area contributed by atoms with E-state index in [9.17, 15) is 0 Å². The molecule has 4 nitrogen and oxygen atoms in total. The highest BCUT2D eigenvalue weighted by atomic mass is 35.5. The van der Waals surface area contributed by atoms with Crippen molar-refractivity contribution in [2.24, 2.45) is 12.8 Å². The largest absolute Gasteiger partial charge is 0.387 e. The Balaban J connectivity index is 0.000001000. The molecular formula is C6H12ClN3O. The van der Waals surface area contributed by atoms with E-state index in [4.69, 9.17) is 10.8 Å². The van der Waals surface area contributed by atoms with Crippen molar-refractivity contribution in [3.8, 4) is 0 Å². The van der Waals surface area contributed by atoms with E-state index in [0.717, 1.165) is 5.56 Å². The summed E-state index contributed by atoms with van der Waals surface area (Å²) in [6, 6.07) is 0. The van der Waals surface area contributed by atoms with Crippen molar-refractivity contribution in [3.63, 3.8) is 0 Å². The Labute approximate surface area is 71.4 Å². The fraction of sp³-hybridized carbons (Fsp3) is 0.500. The molecule has 1 aromatic heterocycles. The average Bonchev–Trinajstić information content (AvgIpc) is 2.34. The van der Waals surface area contributed by atoms with Crippen LogP contribution in [0.25, 0.3) is 0 Å². The highest BCUT2D eigenvalue weighted by molar-refractivity contribution is 5.85. The summed E-state index contributed by atoms with van der Waals surface area (Å²) in [5, 5.41) is 13.1. The molecule has 11 heavy (non-hydrogen) atoms. The first-order valence-corrected chi connectivity index (χ1v) is 3.10. The Morgan fingerprint density at radius 2 is 2.45 bits per heavy atom. The Bertz CT molecular complexity index is 213. The zero-order chi connectivity index (χ0) is 7.56. The van der Waals surface area contributed by atoms with Crippen LogP contribution in [0.5, 0.6) is 0 Å². The highest BCUT2D eigenvalue weighted by Gasteiger charge is 2.05. The third kappa shape index (κ3) is 2.49. The molecular weight excluding hydrogens is 166 g/mol. The minimum Gasteiger partial charge on any atom is -0.387 e. The maximum Gasteiger partial charge on any atom is 0.0942 e. The molecule has 0 spiro atoms. The van der Waals surface area contributed by atoms with Crippen molar-refractivity contribution in [1.82, 2.24) is 9.78 Å². The van der Waals surface area contributed by atoms with Gasteiger partial charge in [-0.3, -0.25) is 4.68 Å². The van der Waals surface area contributed by atoms with E-state index >= 15 is 0 Å². The third-order valence-corrected chi connectivity index (χ3v) is 1.33. The van der Waals surface area contributed by atoms with E-state index in [1.165, 1.54) is 0 Å². The molecule has 0 bridgehead atoms. The van der Waals surface area contributed by atoms with Crippen molar-refractivity contribution in [3.05, 3.63) is 18.0 Å². The molecule has 3 N–H and O–H groups in total. The number of nitrogens with zero attached hydrogens (tertiary/aromatic N) is 2. The standard InChI is InChI=1S/C6H11N3O.ClH/c1-9-4-5(3-8-9)6(10)2-7;/h3-4,6,10H,2,7H2,1H3;1H/t6-;/m1./s1. The van der Waals surface area contributed by atoms with Crippen LogP contribution in [-0.4, -0.2) is 21.4 Å². The van der Waals surface area contributed by atoms with Gasteiger partial charge in [0, 0.05) is 25.4 Å². The van der Waals surface area contributed by atoms with Crippen LogP contribution < -0.4 is 5.73 Å². The second kappa shape index (κ2) is 4.33. The van der Waals surface area contributed by atoms with Gasteiger partial charge in [0.25, 0.3) is 0 Å². The van der Waals surface area contributed by atoms with Crippen molar-refractivity contribution >= 4 is 12.4 Å². The molecule has 0 saturated carbocycles. The van der Waals surface area contributed by atoms with E-state index in [2.05, 4.69) is 5.10 Å². The Kier molecular flexibility index (Phi) is 4.10. The van der Waals surface area contributed by atoms with Crippen LogP contribution in [0, 0.1) is 0 Å². The number of aryl methyl sites for hydroxylation is 1. The summed E-state index contributed by atoms with van der Waals surface area (Å²) in [4.78, 5) is 0. The molecule has 0 aliphatic heterocycles. The number of aliphatic hydroxyl groups is 1.